The van der Waals surface area contributed by atoms with Gasteiger partial charge in [0.1, 0.15) is 23.9 Å². The van der Waals surface area contributed by atoms with E-state index in [1.807, 2.05) is 34.6 Å². The molecule has 3 aliphatic rings. The number of carbonyl (C=O) groups is 4. The third-order valence-electron chi connectivity index (χ3n) is 14.8. The van der Waals surface area contributed by atoms with Gasteiger partial charge in [-0.1, -0.05) is 78.6 Å². The molecule has 2 aromatic heterocycles. The Kier molecular flexibility index (Phi) is 16.8. The highest BCUT2D eigenvalue weighted by Crippen LogP contribution is 2.45. The maximum atomic E-state index is 13.7. The van der Waals surface area contributed by atoms with E-state index in [1.54, 1.807) is 35.8 Å². The van der Waals surface area contributed by atoms with Crippen LogP contribution < -0.4 is 19.8 Å². The first-order valence-electron chi connectivity index (χ1n) is 25.6. The summed E-state index contributed by atoms with van der Waals surface area (Å²) in [6, 6.07) is 6.82. The lowest BCUT2D eigenvalue weighted by atomic mass is 9.84. The van der Waals surface area contributed by atoms with Gasteiger partial charge in [-0.3, -0.25) is 19.2 Å². The van der Waals surface area contributed by atoms with Crippen molar-refractivity contribution in [1.82, 2.24) is 9.55 Å². The maximum absolute atomic E-state index is 13.7. The van der Waals surface area contributed by atoms with Crippen LogP contribution in [-0.4, -0.2) is 57.2 Å². The molecule has 2 aromatic carbocycles. The molecule has 0 saturated heterocycles. The number of hydrogen-bond donors (Lipinski definition) is 1. The highest BCUT2D eigenvalue weighted by molar-refractivity contribution is 5.91. The largest absolute Gasteiger partial charge is 0.479 e. The lowest BCUT2D eigenvalue weighted by Gasteiger charge is -2.37. The van der Waals surface area contributed by atoms with Crippen molar-refractivity contribution < 1.29 is 48.0 Å². The number of aryl methyl sites for hydroxylation is 1. The summed E-state index contributed by atoms with van der Waals surface area (Å²) in [7, 11) is 0. The van der Waals surface area contributed by atoms with Crippen molar-refractivity contribution >= 4 is 34.6 Å². The Hall–Kier alpha value is -5.40. The molecule has 3 aliphatic heterocycles. The summed E-state index contributed by atoms with van der Waals surface area (Å²) in [5.41, 5.74) is 4.10. The number of benzene rings is 2. The summed E-state index contributed by atoms with van der Waals surface area (Å²) in [5.74, 6) is -0.406. The minimum absolute atomic E-state index is 0.0500. The van der Waals surface area contributed by atoms with E-state index in [0.717, 1.165) is 96.9 Å². The van der Waals surface area contributed by atoms with Crippen molar-refractivity contribution in [2.45, 2.75) is 195 Å². The molecule has 0 fully saturated rings. The highest BCUT2D eigenvalue weighted by atomic mass is 16.6. The van der Waals surface area contributed by atoms with Crippen LogP contribution in [0.2, 0.25) is 0 Å². The number of nitrogens with zero attached hydrogens (tertiary/aromatic N) is 2. The summed E-state index contributed by atoms with van der Waals surface area (Å²) in [6.07, 6.45) is 15.9. The van der Waals surface area contributed by atoms with Crippen LogP contribution >= 0.6 is 0 Å². The van der Waals surface area contributed by atoms with Crippen molar-refractivity contribution in [3.8, 4) is 28.6 Å². The number of aromatic nitrogens is 2. The minimum atomic E-state index is -1.92. The first-order chi connectivity index (χ1) is 33.1. The molecule has 69 heavy (non-hydrogen) atoms. The number of carbonyl (C=O) groups excluding carboxylic acids is 4. The molecule has 1 unspecified atom stereocenters. The number of cyclic esters (lactones) is 1. The molecular formula is C56H72N2O11. The first-order valence-corrected chi connectivity index (χ1v) is 25.6. The molecule has 0 radical (unpaired) electrons. The maximum Gasteiger partial charge on any atom is 0.343 e. The molecule has 372 valence electrons. The predicted octanol–water partition coefficient (Wildman–Crippen LogP) is 10.6. The SMILES string of the molecule is CCCCCCCCOCCCCCCCCC(=O)C1(C)CCc2c(C)c(OC(=O)CCC(=O)Oc3ccc4nc5c(c(CC)c4c3)Cn3c-5cc4c(c3=O)COC(=O)[C@]4(O)CC)c(C)c(C)c2O1. The molecule has 13 heteroatoms. The van der Waals surface area contributed by atoms with Crippen molar-refractivity contribution in [2.24, 2.45) is 0 Å². The van der Waals surface area contributed by atoms with Crippen LogP contribution in [0.15, 0.2) is 29.1 Å². The molecule has 13 nitrogen and oxygen atoms in total. The average Bonchev–Trinajstić information content (AvgIpc) is 3.71. The number of ketones is 1. The molecular weight excluding hydrogens is 877 g/mol. The number of Topliss-reactive ketones (excluding diaryl/α,β-unsaturated/α-hetero) is 1. The van der Waals surface area contributed by atoms with E-state index in [1.165, 1.54) is 32.1 Å². The molecule has 4 aromatic rings. The molecule has 1 N–H and O–H groups in total. The fourth-order valence-electron chi connectivity index (χ4n) is 10.3. The van der Waals surface area contributed by atoms with Crippen LogP contribution in [0.25, 0.3) is 22.3 Å². The average molecular weight is 949 g/mol. The van der Waals surface area contributed by atoms with Crippen LogP contribution in [0.3, 0.4) is 0 Å². The number of rotatable bonds is 24. The van der Waals surface area contributed by atoms with Crippen LogP contribution in [-0.2, 0) is 60.2 Å². The van der Waals surface area contributed by atoms with Gasteiger partial charge in [0.2, 0.25) is 0 Å². The zero-order valence-corrected chi connectivity index (χ0v) is 42.0. The molecule has 0 saturated carbocycles. The lowest BCUT2D eigenvalue weighted by Crippen LogP contribution is -2.44. The van der Waals surface area contributed by atoms with Crippen molar-refractivity contribution in [3.63, 3.8) is 0 Å². The number of unbranched alkanes of at least 4 members (excludes halogenated alkanes) is 10. The number of fused-ring (bicyclic) bond motifs is 6. The fraction of sp³-hybridized carbons (Fsp3) is 0.571. The quantitative estimate of drug-likeness (QED) is 0.0353. The molecule has 0 amide bonds. The van der Waals surface area contributed by atoms with Crippen molar-refractivity contribution in [2.75, 3.05) is 13.2 Å². The zero-order valence-electron chi connectivity index (χ0n) is 42.0. The van der Waals surface area contributed by atoms with Crippen LogP contribution in [0, 0.1) is 20.8 Å². The van der Waals surface area contributed by atoms with Gasteiger partial charge in [-0.15, -0.1) is 0 Å². The first kappa shape index (κ1) is 51.5. The second kappa shape index (κ2) is 22.6. The second-order valence-electron chi connectivity index (χ2n) is 19.5. The Morgan fingerprint density at radius 3 is 2.13 bits per heavy atom. The Morgan fingerprint density at radius 1 is 0.783 bits per heavy atom. The topological polar surface area (TPSA) is 170 Å². The molecule has 0 bridgehead atoms. The van der Waals surface area contributed by atoms with Crippen LogP contribution in [0.4, 0.5) is 0 Å². The number of pyridine rings is 2. The smallest absolute Gasteiger partial charge is 0.343 e. The highest BCUT2D eigenvalue weighted by Gasteiger charge is 2.46. The summed E-state index contributed by atoms with van der Waals surface area (Å²) < 4.78 is 30.9. The lowest BCUT2D eigenvalue weighted by molar-refractivity contribution is -0.172. The summed E-state index contributed by atoms with van der Waals surface area (Å²) in [6.45, 7) is 15.3. The number of hydrogen-bond acceptors (Lipinski definition) is 12. The van der Waals surface area contributed by atoms with E-state index in [0.29, 0.717) is 54.1 Å². The number of aliphatic hydroxyl groups is 1. The van der Waals surface area contributed by atoms with Gasteiger partial charge in [-0.25, -0.2) is 9.78 Å². The Balaban J connectivity index is 0.895. The summed E-state index contributed by atoms with van der Waals surface area (Å²) >= 11 is 0. The van der Waals surface area contributed by atoms with Crippen LogP contribution in [0.1, 0.15) is 181 Å². The zero-order chi connectivity index (χ0) is 49.5. The van der Waals surface area contributed by atoms with Crippen molar-refractivity contribution in [1.29, 1.82) is 0 Å². The fourth-order valence-corrected chi connectivity index (χ4v) is 10.3. The van der Waals surface area contributed by atoms with Gasteiger partial charge in [0.25, 0.3) is 5.56 Å². The van der Waals surface area contributed by atoms with Crippen LogP contribution in [0.5, 0.6) is 17.2 Å². The van der Waals surface area contributed by atoms with E-state index in [2.05, 4.69) is 6.92 Å². The molecule has 0 aliphatic carbocycles. The Labute approximate surface area is 406 Å². The molecule has 0 spiro atoms. The molecule has 5 heterocycles. The van der Waals surface area contributed by atoms with Gasteiger partial charge in [-0.05, 0) is 119 Å². The van der Waals surface area contributed by atoms with E-state index in [9.17, 15) is 29.1 Å². The van der Waals surface area contributed by atoms with E-state index in [4.69, 9.17) is 28.7 Å². The minimum Gasteiger partial charge on any atom is -0.479 e. The van der Waals surface area contributed by atoms with E-state index in [-0.39, 0.29) is 60.6 Å². The van der Waals surface area contributed by atoms with Gasteiger partial charge in [0.15, 0.2) is 17.0 Å². The second-order valence-corrected chi connectivity index (χ2v) is 19.5. The Bertz CT molecular complexity index is 2650. The summed E-state index contributed by atoms with van der Waals surface area (Å²) in [5, 5.41) is 12.0. The van der Waals surface area contributed by atoms with E-state index < -0.39 is 29.1 Å². The monoisotopic (exact) mass is 949 g/mol. The van der Waals surface area contributed by atoms with Crippen molar-refractivity contribution in [3.05, 3.63) is 79.1 Å². The predicted molar refractivity (Wildman–Crippen MR) is 264 cm³/mol. The molecule has 7 rings (SSSR count). The number of esters is 3. The van der Waals surface area contributed by atoms with Gasteiger partial charge < -0.3 is 33.4 Å². The standard InChI is InChI=1S/C56H72N2O11/c1-8-11-12-13-17-20-29-65-30-21-18-15-14-16-19-22-47(59)55(7)28-27-40-37(6)51(35(4)36(5)52(40)69-55)68-49(61)26-25-48(60)67-38-23-24-45-41(31-38)39(9-2)42-33-58-46(50(42)57-45)32-44-43(53(58)62)34-66-54(63)56(44,64)10-3/h23-24,31-32,64H,8-22,25-30,33-34H2,1-7H3/t55?,56-/m0/s1. The van der Waals surface area contributed by atoms with Gasteiger partial charge >= 0.3 is 17.9 Å². The van der Waals surface area contributed by atoms with E-state index >= 15 is 0 Å². The van der Waals surface area contributed by atoms with Gasteiger partial charge in [0.05, 0.1) is 41.9 Å². The Morgan fingerprint density at radius 2 is 1.45 bits per heavy atom. The van der Waals surface area contributed by atoms with Gasteiger partial charge in [0, 0.05) is 41.7 Å². The normalized spacial score (nSPS) is 17.9. The molecule has 2 atom stereocenters. The third kappa shape index (κ3) is 11.0. The van der Waals surface area contributed by atoms with Gasteiger partial charge in [-0.2, -0.15) is 0 Å². The third-order valence-corrected chi connectivity index (χ3v) is 14.8. The summed E-state index contributed by atoms with van der Waals surface area (Å²) in [4.78, 5) is 71.3. The number of ether oxygens (including phenoxy) is 5.